The molecule has 1 amide bonds. The number of benzene rings is 2. The van der Waals surface area contributed by atoms with E-state index in [0.29, 0.717) is 21.7 Å². The first kappa shape index (κ1) is 21.1. The summed E-state index contributed by atoms with van der Waals surface area (Å²) in [6.45, 7) is -0.189. The molecule has 0 saturated carbocycles. The Kier molecular flexibility index (Phi) is 5.54. The molecule has 0 spiro atoms. The van der Waals surface area contributed by atoms with Gasteiger partial charge in [0.15, 0.2) is 26.1 Å². The second kappa shape index (κ2) is 8.16. The molecule has 0 aliphatic carbocycles. The number of esters is 1. The van der Waals surface area contributed by atoms with E-state index in [1.807, 2.05) is 0 Å². The van der Waals surface area contributed by atoms with Gasteiger partial charge in [-0.3, -0.25) is 9.59 Å². The second-order valence-electron chi connectivity index (χ2n) is 6.76. The normalized spacial score (nSPS) is 16.3. The molecular weight excluding hydrogens is 444 g/mol. The van der Waals surface area contributed by atoms with Gasteiger partial charge in [-0.05, 0) is 30.3 Å². The molecule has 9 nitrogen and oxygen atoms in total. The van der Waals surface area contributed by atoms with E-state index in [2.05, 4.69) is 4.99 Å². The minimum atomic E-state index is -3.42. The van der Waals surface area contributed by atoms with E-state index in [9.17, 15) is 18.0 Å². The Morgan fingerprint density at radius 3 is 2.68 bits per heavy atom. The van der Waals surface area contributed by atoms with Crippen LogP contribution in [-0.4, -0.2) is 50.9 Å². The number of nitrogens with zero attached hydrogens (tertiary/aromatic N) is 2. The van der Waals surface area contributed by atoms with Gasteiger partial charge in [0, 0.05) is 6.26 Å². The van der Waals surface area contributed by atoms with Gasteiger partial charge in [0.25, 0.3) is 5.91 Å². The Labute approximate surface area is 181 Å². The number of aromatic nitrogens is 1. The fourth-order valence-electron chi connectivity index (χ4n) is 3.02. The molecule has 1 atom stereocenters. The number of thiazole rings is 1. The second-order valence-corrected chi connectivity index (χ2v) is 9.79. The lowest BCUT2D eigenvalue weighted by Crippen LogP contribution is -2.37. The highest BCUT2D eigenvalue weighted by molar-refractivity contribution is 7.90. The van der Waals surface area contributed by atoms with Crippen molar-refractivity contribution in [2.75, 3.05) is 20.0 Å². The maximum Gasteiger partial charge on any atom is 0.325 e. The summed E-state index contributed by atoms with van der Waals surface area (Å²) in [6, 6.07) is 11.5. The molecule has 31 heavy (non-hydrogen) atoms. The molecule has 1 unspecified atom stereocenters. The minimum Gasteiger partial charge on any atom is -0.485 e. The van der Waals surface area contributed by atoms with E-state index < -0.39 is 27.8 Å². The highest BCUT2D eigenvalue weighted by Crippen LogP contribution is 2.31. The molecule has 0 bridgehead atoms. The number of sulfone groups is 1. The average molecular weight is 463 g/mol. The smallest absolute Gasteiger partial charge is 0.325 e. The molecule has 1 aliphatic heterocycles. The van der Waals surface area contributed by atoms with Gasteiger partial charge in [-0.1, -0.05) is 23.5 Å². The Morgan fingerprint density at radius 2 is 1.97 bits per heavy atom. The molecule has 4 rings (SSSR count). The lowest BCUT2D eigenvalue weighted by Gasteiger charge is -2.23. The molecule has 11 heteroatoms. The summed E-state index contributed by atoms with van der Waals surface area (Å²) >= 11 is 1.09. The number of hydrogen-bond donors (Lipinski definition) is 0. The highest BCUT2D eigenvalue weighted by atomic mass is 32.2. The molecule has 1 aliphatic rings. The maximum absolute atomic E-state index is 12.8. The number of rotatable bonds is 4. The van der Waals surface area contributed by atoms with Gasteiger partial charge in [-0.15, -0.1) is 0 Å². The van der Waals surface area contributed by atoms with E-state index in [1.165, 1.54) is 23.8 Å². The maximum atomic E-state index is 12.8. The van der Waals surface area contributed by atoms with Gasteiger partial charge in [0.2, 0.25) is 6.10 Å². The zero-order chi connectivity index (χ0) is 22.2. The third-order valence-corrected chi connectivity index (χ3v) is 6.74. The van der Waals surface area contributed by atoms with E-state index in [4.69, 9.17) is 14.2 Å². The van der Waals surface area contributed by atoms with Crippen molar-refractivity contribution in [1.82, 2.24) is 4.57 Å². The lowest BCUT2D eigenvalue weighted by atomic mass is 10.2. The molecule has 2 heterocycles. The van der Waals surface area contributed by atoms with Crippen molar-refractivity contribution >= 4 is 43.3 Å². The minimum absolute atomic E-state index is 0.000526. The van der Waals surface area contributed by atoms with Crippen LogP contribution < -0.4 is 14.3 Å². The lowest BCUT2D eigenvalue weighted by molar-refractivity contribution is -0.141. The summed E-state index contributed by atoms with van der Waals surface area (Å²) < 4.78 is 41.9. The quantitative estimate of drug-likeness (QED) is 0.541. The number of ether oxygens (including phenoxy) is 3. The largest absolute Gasteiger partial charge is 0.485 e. The average Bonchev–Trinajstić information content (AvgIpc) is 3.08. The van der Waals surface area contributed by atoms with Gasteiger partial charge < -0.3 is 18.8 Å². The van der Waals surface area contributed by atoms with Crippen LogP contribution in [0, 0.1) is 0 Å². The Morgan fingerprint density at radius 1 is 1.23 bits per heavy atom. The number of fused-ring (bicyclic) bond motifs is 2. The first-order chi connectivity index (χ1) is 14.8. The topological polar surface area (TPSA) is 113 Å². The Hall–Kier alpha value is -3.18. The van der Waals surface area contributed by atoms with Gasteiger partial charge in [0.05, 0.1) is 22.2 Å². The number of carbonyl (C=O) groups excluding carboxylic acids is 2. The van der Waals surface area contributed by atoms with Crippen LogP contribution in [0.3, 0.4) is 0 Å². The van der Waals surface area contributed by atoms with Crippen molar-refractivity contribution in [2.45, 2.75) is 17.5 Å². The fraction of sp³-hybridized carbons (Fsp3) is 0.250. The van der Waals surface area contributed by atoms with Crippen molar-refractivity contribution in [1.29, 1.82) is 0 Å². The fourth-order valence-corrected chi connectivity index (χ4v) is 4.82. The molecule has 162 valence electrons. The number of para-hydroxylation sites is 2. The summed E-state index contributed by atoms with van der Waals surface area (Å²) in [5.74, 6) is -0.128. The van der Waals surface area contributed by atoms with Crippen LogP contribution in [0.5, 0.6) is 11.5 Å². The molecular formula is C20H18N2O7S2. The van der Waals surface area contributed by atoms with Crippen molar-refractivity contribution in [3.8, 4) is 11.5 Å². The number of methoxy groups -OCH3 is 1. The van der Waals surface area contributed by atoms with Crippen LogP contribution in [0.1, 0.15) is 0 Å². The van der Waals surface area contributed by atoms with Crippen molar-refractivity contribution in [2.24, 2.45) is 4.99 Å². The highest BCUT2D eigenvalue weighted by Gasteiger charge is 2.27. The molecule has 3 aromatic rings. The Balaban J connectivity index is 1.76. The standard InChI is InChI=1S/C20H18N2O7S2/c1-27-18(23)10-22-13-8-7-12(31(2,25)26)9-17(13)30-20(22)21-19(24)16-11-28-14-5-3-4-6-15(14)29-16/h3-9,16H,10-11H2,1-2H3. The third kappa shape index (κ3) is 4.32. The van der Waals surface area contributed by atoms with Crippen molar-refractivity contribution < 1.29 is 32.2 Å². The molecule has 2 aromatic carbocycles. The third-order valence-electron chi connectivity index (χ3n) is 4.59. The molecule has 0 N–H and O–H groups in total. The van der Waals surface area contributed by atoms with Crippen LogP contribution in [0.4, 0.5) is 0 Å². The van der Waals surface area contributed by atoms with Crippen LogP contribution in [0.2, 0.25) is 0 Å². The predicted molar refractivity (Wildman–Crippen MR) is 112 cm³/mol. The number of carbonyl (C=O) groups is 2. The van der Waals surface area contributed by atoms with Gasteiger partial charge in [-0.25, -0.2) is 8.42 Å². The SMILES string of the molecule is COC(=O)Cn1c(=NC(=O)C2COc3ccccc3O2)sc2cc(S(C)(=O)=O)ccc21. The van der Waals surface area contributed by atoms with Gasteiger partial charge in [-0.2, -0.15) is 4.99 Å². The van der Waals surface area contributed by atoms with Crippen LogP contribution in [-0.2, 0) is 30.7 Å². The molecule has 0 fully saturated rings. The zero-order valence-electron chi connectivity index (χ0n) is 16.6. The summed E-state index contributed by atoms with van der Waals surface area (Å²) in [7, 11) is -2.17. The predicted octanol–water partition coefficient (Wildman–Crippen LogP) is 1.55. The number of hydrogen-bond acceptors (Lipinski definition) is 8. The molecule has 0 radical (unpaired) electrons. The van der Waals surface area contributed by atoms with Crippen LogP contribution in [0.15, 0.2) is 52.4 Å². The monoisotopic (exact) mass is 462 g/mol. The van der Waals surface area contributed by atoms with Crippen molar-refractivity contribution in [3.05, 3.63) is 47.3 Å². The van der Waals surface area contributed by atoms with E-state index in [-0.39, 0.29) is 22.8 Å². The van der Waals surface area contributed by atoms with Crippen molar-refractivity contribution in [3.63, 3.8) is 0 Å². The summed E-state index contributed by atoms with van der Waals surface area (Å²) in [5, 5.41) is 0. The van der Waals surface area contributed by atoms with Crippen LogP contribution >= 0.6 is 11.3 Å². The first-order valence-corrected chi connectivity index (χ1v) is 11.8. The first-order valence-electron chi connectivity index (χ1n) is 9.13. The number of amides is 1. The zero-order valence-corrected chi connectivity index (χ0v) is 18.2. The van der Waals surface area contributed by atoms with E-state index in [0.717, 1.165) is 17.6 Å². The van der Waals surface area contributed by atoms with E-state index in [1.54, 1.807) is 30.3 Å². The van der Waals surface area contributed by atoms with Gasteiger partial charge in [0.1, 0.15) is 13.2 Å². The van der Waals surface area contributed by atoms with E-state index >= 15 is 0 Å². The summed E-state index contributed by atoms with van der Waals surface area (Å²) in [4.78, 5) is 29.2. The van der Waals surface area contributed by atoms with Crippen LogP contribution in [0.25, 0.3) is 10.2 Å². The molecule has 1 aromatic heterocycles. The summed E-state index contributed by atoms with van der Waals surface area (Å²) in [6.07, 6.45) is 0.162. The Bertz CT molecular complexity index is 1360. The molecule has 0 saturated heterocycles. The van der Waals surface area contributed by atoms with Gasteiger partial charge >= 0.3 is 5.97 Å². The summed E-state index contributed by atoms with van der Waals surface area (Å²) in [5.41, 5.74) is 0.556.